The van der Waals surface area contributed by atoms with E-state index < -0.39 is 0 Å². The van der Waals surface area contributed by atoms with Crippen LogP contribution in [0.15, 0.2) is 59.9 Å². The number of nitrogens with zero attached hydrogens (tertiary/aromatic N) is 4. The molecule has 1 N–H and O–H groups in total. The maximum absolute atomic E-state index is 12.8. The maximum atomic E-state index is 12.8. The van der Waals surface area contributed by atoms with Crippen molar-refractivity contribution in [3.05, 3.63) is 76.6 Å². The van der Waals surface area contributed by atoms with Crippen LogP contribution in [0, 0.1) is 6.92 Å². The largest absolute Gasteiger partial charge is 0.361 e. The fourth-order valence-corrected chi connectivity index (χ4v) is 3.51. The Kier molecular flexibility index (Phi) is 3.18. The van der Waals surface area contributed by atoms with Gasteiger partial charge in [0.1, 0.15) is 0 Å². The van der Waals surface area contributed by atoms with Gasteiger partial charge >= 0.3 is 0 Å². The van der Waals surface area contributed by atoms with Gasteiger partial charge in [0.25, 0.3) is 5.56 Å². The summed E-state index contributed by atoms with van der Waals surface area (Å²) in [5, 5.41) is 6.05. The normalized spacial score (nSPS) is 11.7. The third-order valence-electron chi connectivity index (χ3n) is 4.90. The molecule has 0 aliphatic rings. The van der Waals surface area contributed by atoms with Crippen molar-refractivity contribution in [1.29, 1.82) is 0 Å². The molecule has 6 heteroatoms. The number of hydrogen-bond acceptors (Lipinski definition) is 3. The van der Waals surface area contributed by atoms with Crippen LogP contribution in [0.1, 0.15) is 11.1 Å². The minimum Gasteiger partial charge on any atom is -0.361 e. The van der Waals surface area contributed by atoms with Crippen molar-refractivity contribution in [3.8, 4) is 0 Å². The molecule has 0 spiro atoms. The summed E-state index contributed by atoms with van der Waals surface area (Å²) in [6, 6.07) is 10.1. The summed E-state index contributed by atoms with van der Waals surface area (Å²) in [5.74, 6) is 0. The number of fused-ring (bicyclic) bond motifs is 4. The fourth-order valence-electron chi connectivity index (χ4n) is 3.51. The van der Waals surface area contributed by atoms with E-state index in [-0.39, 0.29) is 5.56 Å². The number of pyridine rings is 1. The molecule has 0 aliphatic heterocycles. The van der Waals surface area contributed by atoms with Gasteiger partial charge in [0.05, 0.1) is 17.1 Å². The van der Waals surface area contributed by atoms with Gasteiger partial charge in [-0.2, -0.15) is 5.10 Å². The standard InChI is InChI=1S/C20H17N5O/c1-13-2-3-17-15(10-13)14(11-21-17)5-8-24-9-6-18-16(20(24)26)12-22-19-4-7-23-25(18)19/h2-4,6-7,9-12,21H,5,8H2,1H3. The first-order valence-corrected chi connectivity index (χ1v) is 8.59. The summed E-state index contributed by atoms with van der Waals surface area (Å²) in [6.07, 6.45) is 7.98. The Morgan fingerprint density at radius 1 is 1.15 bits per heavy atom. The molecule has 0 radical (unpaired) electrons. The lowest BCUT2D eigenvalue weighted by Gasteiger charge is -2.08. The van der Waals surface area contributed by atoms with Gasteiger partial charge in [0.15, 0.2) is 5.65 Å². The van der Waals surface area contributed by atoms with Crippen LogP contribution in [0.5, 0.6) is 0 Å². The second-order valence-electron chi connectivity index (χ2n) is 6.59. The van der Waals surface area contributed by atoms with Gasteiger partial charge in [-0.05, 0) is 37.1 Å². The summed E-state index contributed by atoms with van der Waals surface area (Å²) >= 11 is 0. The first-order chi connectivity index (χ1) is 12.7. The summed E-state index contributed by atoms with van der Waals surface area (Å²) in [5.41, 5.74) is 5.06. The van der Waals surface area contributed by atoms with Crippen molar-refractivity contribution >= 4 is 27.5 Å². The monoisotopic (exact) mass is 343 g/mol. The lowest BCUT2D eigenvalue weighted by molar-refractivity contribution is 0.676. The average Bonchev–Trinajstić information content (AvgIpc) is 3.27. The summed E-state index contributed by atoms with van der Waals surface area (Å²) < 4.78 is 3.44. The SMILES string of the molecule is Cc1ccc2[nH]cc(CCn3ccc4c(cnc5ccnn54)c3=O)c2c1. The average molecular weight is 343 g/mol. The van der Waals surface area contributed by atoms with E-state index in [1.54, 1.807) is 21.5 Å². The van der Waals surface area contributed by atoms with E-state index in [9.17, 15) is 4.79 Å². The molecule has 0 amide bonds. The molecule has 0 fully saturated rings. The molecule has 6 nitrogen and oxygen atoms in total. The van der Waals surface area contributed by atoms with E-state index in [4.69, 9.17) is 0 Å². The van der Waals surface area contributed by atoms with E-state index >= 15 is 0 Å². The molecule has 4 heterocycles. The van der Waals surface area contributed by atoms with Gasteiger partial charge in [0.2, 0.25) is 0 Å². The minimum absolute atomic E-state index is 0.0385. The molecule has 0 atom stereocenters. The topological polar surface area (TPSA) is 68.0 Å². The molecular formula is C20H17N5O. The van der Waals surface area contributed by atoms with Crippen molar-refractivity contribution in [2.45, 2.75) is 19.9 Å². The fraction of sp³-hybridized carbons (Fsp3) is 0.150. The Bertz CT molecular complexity index is 1320. The number of rotatable bonds is 3. The molecule has 26 heavy (non-hydrogen) atoms. The quantitative estimate of drug-likeness (QED) is 0.547. The Labute approximate surface area is 148 Å². The van der Waals surface area contributed by atoms with Crippen molar-refractivity contribution in [3.63, 3.8) is 0 Å². The van der Waals surface area contributed by atoms with Crippen LogP contribution >= 0.6 is 0 Å². The Hall–Kier alpha value is -3.41. The first-order valence-electron chi connectivity index (χ1n) is 8.59. The second-order valence-corrected chi connectivity index (χ2v) is 6.59. The molecule has 0 bridgehead atoms. The zero-order valence-electron chi connectivity index (χ0n) is 14.3. The third-order valence-corrected chi connectivity index (χ3v) is 4.90. The number of aromatic nitrogens is 5. The summed E-state index contributed by atoms with van der Waals surface area (Å²) in [6.45, 7) is 2.71. The van der Waals surface area contributed by atoms with Crippen molar-refractivity contribution < 1.29 is 0 Å². The van der Waals surface area contributed by atoms with E-state index in [0.717, 1.165) is 23.1 Å². The van der Waals surface area contributed by atoms with Gasteiger partial charge in [-0.25, -0.2) is 9.50 Å². The van der Waals surface area contributed by atoms with Gasteiger partial charge < -0.3 is 9.55 Å². The highest BCUT2D eigenvalue weighted by molar-refractivity contribution is 5.84. The number of benzene rings is 1. The minimum atomic E-state index is -0.0385. The molecule has 0 unspecified atom stereocenters. The number of aryl methyl sites for hydroxylation is 3. The van der Waals surface area contributed by atoms with Crippen molar-refractivity contribution in [2.75, 3.05) is 0 Å². The van der Waals surface area contributed by atoms with Crippen LogP contribution < -0.4 is 5.56 Å². The Morgan fingerprint density at radius 2 is 2.08 bits per heavy atom. The van der Waals surface area contributed by atoms with Crippen molar-refractivity contribution in [1.82, 2.24) is 24.1 Å². The molecule has 5 aromatic rings. The number of hydrogen-bond donors (Lipinski definition) is 1. The number of aromatic amines is 1. The van der Waals surface area contributed by atoms with Crippen LogP contribution in [0.25, 0.3) is 27.5 Å². The zero-order chi connectivity index (χ0) is 17.7. The predicted molar refractivity (Wildman–Crippen MR) is 101 cm³/mol. The van der Waals surface area contributed by atoms with Crippen molar-refractivity contribution in [2.24, 2.45) is 0 Å². The van der Waals surface area contributed by atoms with Gasteiger partial charge in [-0.15, -0.1) is 0 Å². The Balaban J connectivity index is 1.53. The van der Waals surface area contributed by atoms with E-state index in [2.05, 4.69) is 40.2 Å². The van der Waals surface area contributed by atoms with E-state index in [1.807, 2.05) is 24.5 Å². The molecule has 0 saturated carbocycles. The van der Waals surface area contributed by atoms with Crippen LogP contribution in [0.4, 0.5) is 0 Å². The highest BCUT2D eigenvalue weighted by atomic mass is 16.1. The Morgan fingerprint density at radius 3 is 3.00 bits per heavy atom. The molecule has 0 saturated heterocycles. The molecule has 1 aromatic carbocycles. The highest BCUT2D eigenvalue weighted by Crippen LogP contribution is 2.20. The number of nitrogens with one attached hydrogen (secondary N) is 1. The lowest BCUT2D eigenvalue weighted by Crippen LogP contribution is -2.21. The summed E-state index contributed by atoms with van der Waals surface area (Å²) in [4.78, 5) is 20.5. The summed E-state index contributed by atoms with van der Waals surface area (Å²) in [7, 11) is 0. The molecule has 5 rings (SSSR count). The van der Waals surface area contributed by atoms with Gasteiger partial charge in [-0.3, -0.25) is 4.79 Å². The van der Waals surface area contributed by atoms with Crippen LogP contribution in [-0.2, 0) is 13.0 Å². The molecule has 4 aromatic heterocycles. The van der Waals surface area contributed by atoms with Gasteiger partial charge in [-0.1, -0.05) is 11.6 Å². The third kappa shape index (κ3) is 2.23. The number of H-pyrrole nitrogens is 1. The zero-order valence-corrected chi connectivity index (χ0v) is 14.3. The van der Waals surface area contributed by atoms with Crippen LogP contribution in [-0.4, -0.2) is 24.1 Å². The smallest absolute Gasteiger partial charge is 0.261 e. The lowest BCUT2D eigenvalue weighted by atomic mass is 10.1. The molecule has 0 aliphatic carbocycles. The van der Waals surface area contributed by atoms with Crippen LogP contribution in [0.2, 0.25) is 0 Å². The second kappa shape index (κ2) is 5.56. The van der Waals surface area contributed by atoms with Gasteiger partial charge in [0, 0.05) is 42.1 Å². The van der Waals surface area contributed by atoms with E-state index in [1.165, 1.54) is 16.5 Å². The molecular weight excluding hydrogens is 326 g/mol. The first kappa shape index (κ1) is 14.9. The maximum Gasteiger partial charge on any atom is 0.261 e. The predicted octanol–water partition coefficient (Wildman–Crippen LogP) is 3.08. The highest BCUT2D eigenvalue weighted by Gasteiger charge is 2.09. The molecule has 128 valence electrons. The van der Waals surface area contributed by atoms with Crippen LogP contribution in [0.3, 0.4) is 0 Å². The van der Waals surface area contributed by atoms with E-state index in [0.29, 0.717) is 11.9 Å².